The van der Waals surface area contributed by atoms with Crippen LogP contribution in [0.25, 0.3) is 0 Å². The smallest absolute Gasteiger partial charge is 0.141 e. The van der Waals surface area contributed by atoms with Crippen LogP contribution in [-0.2, 0) is 0 Å². The number of nitrogen functional groups attached to an aromatic ring is 1. The maximum absolute atomic E-state index is 5.72. The Labute approximate surface area is 77.1 Å². The molecule has 2 nitrogen and oxygen atoms in total. The number of anilines is 1. The van der Waals surface area contributed by atoms with Crippen LogP contribution >= 0.6 is 11.8 Å². The lowest BCUT2D eigenvalue weighted by Gasteiger charge is -2.05. The van der Waals surface area contributed by atoms with Gasteiger partial charge in [-0.3, -0.25) is 0 Å². The van der Waals surface area contributed by atoms with Gasteiger partial charge >= 0.3 is 0 Å². The Balaban J connectivity index is 2.86. The summed E-state index contributed by atoms with van der Waals surface area (Å²) >= 11 is 1.77. The first-order valence-electron chi connectivity index (χ1n) is 3.84. The van der Waals surface area contributed by atoms with Crippen molar-refractivity contribution in [2.75, 3.05) is 18.6 Å². The zero-order chi connectivity index (χ0) is 8.97. The summed E-state index contributed by atoms with van der Waals surface area (Å²) in [7, 11) is 1.62. The highest BCUT2D eigenvalue weighted by molar-refractivity contribution is 7.99. The maximum Gasteiger partial charge on any atom is 0.141 e. The highest BCUT2D eigenvalue weighted by Crippen LogP contribution is 2.27. The molecule has 0 aliphatic carbocycles. The molecule has 0 radical (unpaired) electrons. The van der Waals surface area contributed by atoms with E-state index in [0.29, 0.717) is 5.69 Å². The van der Waals surface area contributed by atoms with E-state index in [9.17, 15) is 0 Å². The lowest BCUT2D eigenvalue weighted by atomic mass is 10.3. The van der Waals surface area contributed by atoms with E-state index < -0.39 is 0 Å². The Hall–Kier alpha value is -0.830. The summed E-state index contributed by atoms with van der Waals surface area (Å²) in [6, 6.07) is 5.85. The number of benzene rings is 1. The molecule has 0 amide bonds. The SMILES string of the molecule is CCSc1ccc(OC)c(N)c1. The van der Waals surface area contributed by atoms with E-state index in [2.05, 4.69) is 6.92 Å². The fourth-order valence-electron chi connectivity index (χ4n) is 0.969. The van der Waals surface area contributed by atoms with Crippen LogP contribution in [0.1, 0.15) is 6.92 Å². The van der Waals surface area contributed by atoms with Gasteiger partial charge in [0.1, 0.15) is 5.75 Å². The molecule has 0 aliphatic heterocycles. The van der Waals surface area contributed by atoms with E-state index in [0.717, 1.165) is 11.5 Å². The van der Waals surface area contributed by atoms with Crippen LogP contribution in [-0.4, -0.2) is 12.9 Å². The minimum atomic E-state index is 0.705. The molecule has 0 unspecified atom stereocenters. The number of thioether (sulfide) groups is 1. The van der Waals surface area contributed by atoms with E-state index >= 15 is 0 Å². The molecule has 3 heteroatoms. The Morgan fingerprint density at radius 2 is 2.25 bits per heavy atom. The number of rotatable bonds is 3. The Bertz CT molecular complexity index is 263. The second-order valence-electron chi connectivity index (χ2n) is 2.34. The van der Waals surface area contributed by atoms with Crippen molar-refractivity contribution in [3.05, 3.63) is 18.2 Å². The van der Waals surface area contributed by atoms with Gasteiger partial charge in [-0.2, -0.15) is 0 Å². The van der Waals surface area contributed by atoms with Gasteiger partial charge in [0, 0.05) is 4.90 Å². The lowest BCUT2D eigenvalue weighted by Crippen LogP contribution is -1.91. The van der Waals surface area contributed by atoms with Gasteiger partial charge in [-0.25, -0.2) is 0 Å². The fraction of sp³-hybridized carbons (Fsp3) is 0.333. The molecule has 66 valence electrons. The summed E-state index contributed by atoms with van der Waals surface area (Å²) < 4.78 is 5.04. The Kier molecular flexibility index (Phi) is 3.29. The number of ether oxygens (including phenoxy) is 1. The minimum absolute atomic E-state index is 0.705. The highest BCUT2D eigenvalue weighted by Gasteiger charge is 1.99. The van der Waals surface area contributed by atoms with Crippen LogP contribution in [0.15, 0.2) is 23.1 Å². The fourth-order valence-corrected chi connectivity index (χ4v) is 1.68. The van der Waals surface area contributed by atoms with Crippen molar-refractivity contribution in [3.8, 4) is 5.75 Å². The molecule has 0 fully saturated rings. The largest absolute Gasteiger partial charge is 0.495 e. The van der Waals surface area contributed by atoms with E-state index in [1.165, 1.54) is 4.90 Å². The summed E-state index contributed by atoms with van der Waals surface area (Å²) in [4.78, 5) is 1.19. The van der Waals surface area contributed by atoms with Crippen LogP contribution in [0.5, 0.6) is 5.75 Å². The van der Waals surface area contributed by atoms with Crippen molar-refractivity contribution in [2.45, 2.75) is 11.8 Å². The molecule has 0 atom stereocenters. The summed E-state index contributed by atoms with van der Waals surface area (Å²) in [5.74, 6) is 1.81. The third-order valence-electron chi connectivity index (χ3n) is 1.51. The highest BCUT2D eigenvalue weighted by atomic mass is 32.2. The number of hydrogen-bond acceptors (Lipinski definition) is 3. The van der Waals surface area contributed by atoms with Gasteiger partial charge in [0.05, 0.1) is 12.8 Å². The molecule has 0 bridgehead atoms. The van der Waals surface area contributed by atoms with Gasteiger partial charge in [-0.1, -0.05) is 6.92 Å². The second kappa shape index (κ2) is 4.26. The second-order valence-corrected chi connectivity index (χ2v) is 3.67. The van der Waals surface area contributed by atoms with E-state index in [1.807, 2.05) is 18.2 Å². The standard InChI is InChI=1S/C9H13NOS/c1-3-12-7-4-5-9(11-2)8(10)6-7/h4-6H,3,10H2,1-2H3. The Morgan fingerprint density at radius 1 is 1.50 bits per heavy atom. The predicted octanol–water partition coefficient (Wildman–Crippen LogP) is 2.39. The van der Waals surface area contributed by atoms with Crippen molar-refractivity contribution in [2.24, 2.45) is 0 Å². The van der Waals surface area contributed by atoms with Gasteiger partial charge in [0.15, 0.2) is 0 Å². The maximum atomic E-state index is 5.72. The minimum Gasteiger partial charge on any atom is -0.495 e. The lowest BCUT2D eigenvalue weighted by molar-refractivity contribution is 0.416. The molecular weight excluding hydrogens is 170 g/mol. The van der Waals surface area contributed by atoms with Gasteiger partial charge in [-0.05, 0) is 24.0 Å². The van der Waals surface area contributed by atoms with E-state index in [-0.39, 0.29) is 0 Å². The van der Waals surface area contributed by atoms with Gasteiger partial charge in [-0.15, -0.1) is 11.8 Å². The molecule has 2 N–H and O–H groups in total. The zero-order valence-electron chi connectivity index (χ0n) is 7.33. The normalized spacial score (nSPS) is 9.83. The van der Waals surface area contributed by atoms with Crippen LogP contribution in [0, 0.1) is 0 Å². The number of hydrogen-bond donors (Lipinski definition) is 1. The predicted molar refractivity (Wildman–Crippen MR) is 53.8 cm³/mol. The molecule has 0 spiro atoms. The Morgan fingerprint density at radius 3 is 2.75 bits per heavy atom. The van der Waals surface area contributed by atoms with Crippen LogP contribution in [0.4, 0.5) is 5.69 Å². The van der Waals surface area contributed by atoms with Gasteiger partial charge in [0.25, 0.3) is 0 Å². The third-order valence-corrected chi connectivity index (χ3v) is 2.39. The van der Waals surface area contributed by atoms with E-state index in [1.54, 1.807) is 18.9 Å². The summed E-state index contributed by atoms with van der Waals surface area (Å²) in [6.45, 7) is 2.12. The van der Waals surface area contributed by atoms with Crippen molar-refractivity contribution < 1.29 is 4.74 Å². The first-order chi connectivity index (χ1) is 5.77. The van der Waals surface area contributed by atoms with Crippen molar-refractivity contribution in [1.82, 2.24) is 0 Å². The molecule has 0 saturated heterocycles. The first kappa shape index (κ1) is 9.26. The average Bonchev–Trinajstić information content (AvgIpc) is 2.05. The number of nitrogens with two attached hydrogens (primary N) is 1. The summed E-state index contributed by atoms with van der Waals surface area (Å²) in [6.07, 6.45) is 0. The molecule has 1 aromatic carbocycles. The van der Waals surface area contributed by atoms with Crippen molar-refractivity contribution >= 4 is 17.4 Å². The average molecular weight is 183 g/mol. The zero-order valence-corrected chi connectivity index (χ0v) is 8.15. The number of methoxy groups -OCH3 is 1. The molecule has 0 aliphatic rings. The molecule has 0 aromatic heterocycles. The summed E-state index contributed by atoms with van der Waals surface area (Å²) in [5, 5.41) is 0. The monoisotopic (exact) mass is 183 g/mol. The molecule has 0 saturated carbocycles. The molecule has 12 heavy (non-hydrogen) atoms. The van der Waals surface area contributed by atoms with Crippen LogP contribution in [0.2, 0.25) is 0 Å². The topological polar surface area (TPSA) is 35.2 Å². The molecule has 0 heterocycles. The quantitative estimate of drug-likeness (QED) is 0.577. The first-order valence-corrected chi connectivity index (χ1v) is 4.82. The summed E-state index contributed by atoms with van der Waals surface area (Å²) in [5.41, 5.74) is 6.43. The third kappa shape index (κ3) is 2.08. The molecular formula is C9H13NOS. The molecule has 1 rings (SSSR count). The van der Waals surface area contributed by atoms with Crippen molar-refractivity contribution in [1.29, 1.82) is 0 Å². The van der Waals surface area contributed by atoms with Crippen LogP contribution < -0.4 is 10.5 Å². The molecule has 1 aromatic rings. The van der Waals surface area contributed by atoms with E-state index in [4.69, 9.17) is 10.5 Å². The van der Waals surface area contributed by atoms with Crippen molar-refractivity contribution in [3.63, 3.8) is 0 Å². The van der Waals surface area contributed by atoms with Gasteiger partial charge in [0.2, 0.25) is 0 Å². The van der Waals surface area contributed by atoms with Gasteiger partial charge < -0.3 is 10.5 Å². The van der Waals surface area contributed by atoms with Crippen LogP contribution in [0.3, 0.4) is 0 Å².